The van der Waals surface area contributed by atoms with Crippen molar-refractivity contribution in [3.05, 3.63) is 22.2 Å². The van der Waals surface area contributed by atoms with Crippen molar-refractivity contribution in [1.29, 1.82) is 0 Å². The molecule has 1 aliphatic rings. The van der Waals surface area contributed by atoms with Crippen LogP contribution in [0.5, 0.6) is 0 Å². The first kappa shape index (κ1) is 18.9. The Kier molecular flexibility index (Phi) is 6.03. The summed E-state index contributed by atoms with van der Waals surface area (Å²) in [6, 6.07) is 3.35. The molecule has 0 radical (unpaired) electrons. The lowest BCUT2D eigenvalue weighted by molar-refractivity contribution is -0.120. The molecule has 1 aliphatic heterocycles. The molecular formula is C16H21BrN2O4S. The average molecular weight is 417 g/mol. The minimum Gasteiger partial charge on any atom is -0.356 e. The molecule has 0 spiro atoms. The first-order valence-corrected chi connectivity index (χ1v) is 10.3. The molecule has 1 aromatic rings. The Morgan fingerprint density at radius 3 is 2.67 bits per heavy atom. The molecule has 0 saturated heterocycles. The lowest BCUT2D eigenvalue weighted by Crippen LogP contribution is -2.28. The number of halogens is 1. The highest BCUT2D eigenvalue weighted by atomic mass is 79.9. The molecule has 24 heavy (non-hydrogen) atoms. The van der Waals surface area contributed by atoms with E-state index in [1.165, 1.54) is 17.9 Å². The molecule has 2 amide bonds. The number of benzene rings is 1. The molecule has 0 fully saturated rings. The Balaban J connectivity index is 2.31. The van der Waals surface area contributed by atoms with Crippen LogP contribution in [0.4, 0.5) is 5.69 Å². The Morgan fingerprint density at radius 2 is 2.04 bits per heavy atom. The summed E-state index contributed by atoms with van der Waals surface area (Å²) >= 11 is 3.33. The van der Waals surface area contributed by atoms with Gasteiger partial charge in [-0.3, -0.25) is 9.59 Å². The minimum absolute atomic E-state index is 0.0936. The summed E-state index contributed by atoms with van der Waals surface area (Å²) in [5.41, 5.74) is 1.29. The quantitative estimate of drug-likeness (QED) is 0.768. The van der Waals surface area contributed by atoms with Crippen molar-refractivity contribution in [3.63, 3.8) is 0 Å². The predicted molar refractivity (Wildman–Crippen MR) is 95.8 cm³/mol. The van der Waals surface area contributed by atoms with Crippen LogP contribution in [0.1, 0.15) is 32.3 Å². The topological polar surface area (TPSA) is 83.6 Å². The number of fused-ring (bicyclic) bond motifs is 1. The van der Waals surface area contributed by atoms with E-state index in [4.69, 9.17) is 0 Å². The van der Waals surface area contributed by atoms with Gasteiger partial charge in [0, 0.05) is 30.9 Å². The van der Waals surface area contributed by atoms with E-state index in [9.17, 15) is 18.0 Å². The number of sulfone groups is 1. The van der Waals surface area contributed by atoms with E-state index in [0.29, 0.717) is 29.7 Å². The summed E-state index contributed by atoms with van der Waals surface area (Å²) in [4.78, 5) is 25.1. The van der Waals surface area contributed by atoms with Crippen molar-refractivity contribution < 1.29 is 18.0 Å². The van der Waals surface area contributed by atoms with Crippen LogP contribution in [0, 0.1) is 0 Å². The van der Waals surface area contributed by atoms with Crippen molar-refractivity contribution >= 4 is 43.3 Å². The Hall–Kier alpha value is -1.41. The molecule has 132 valence electrons. The maximum atomic E-state index is 12.8. The Labute approximate surface area is 150 Å². The lowest BCUT2D eigenvalue weighted by atomic mass is 10.2. The molecule has 6 nitrogen and oxygen atoms in total. The van der Waals surface area contributed by atoms with Crippen molar-refractivity contribution in [2.45, 2.75) is 38.0 Å². The third-order valence-electron chi connectivity index (χ3n) is 3.88. The van der Waals surface area contributed by atoms with Crippen LogP contribution in [-0.4, -0.2) is 39.1 Å². The largest absolute Gasteiger partial charge is 0.356 e. The van der Waals surface area contributed by atoms with E-state index < -0.39 is 9.84 Å². The van der Waals surface area contributed by atoms with Crippen LogP contribution in [0.3, 0.4) is 0 Å². The predicted octanol–water partition coefficient (Wildman–Crippen LogP) is 2.05. The number of hydrogen-bond acceptors (Lipinski definition) is 4. The number of hydrogen-bond donors (Lipinski definition) is 1. The molecule has 0 bridgehead atoms. The highest BCUT2D eigenvalue weighted by molar-refractivity contribution is 9.10. The van der Waals surface area contributed by atoms with E-state index in [1.54, 1.807) is 0 Å². The molecule has 0 unspecified atom stereocenters. The molecule has 0 aromatic heterocycles. The monoisotopic (exact) mass is 416 g/mol. The summed E-state index contributed by atoms with van der Waals surface area (Å²) in [7, 11) is -3.68. The summed E-state index contributed by atoms with van der Waals surface area (Å²) in [5, 5.41) is 2.67. The van der Waals surface area contributed by atoms with Gasteiger partial charge in [-0.25, -0.2) is 8.42 Å². The first-order chi connectivity index (χ1) is 11.3. The van der Waals surface area contributed by atoms with Gasteiger partial charge in [0.1, 0.15) is 0 Å². The van der Waals surface area contributed by atoms with E-state index in [0.717, 1.165) is 12.0 Å². The second kappa shape index (κ2) is 7.65. The van der Waals surface area contributed by atoms with Gasteiger partial charge in [-0.05, 0) is 30.5 Å². The van der Waals surface area contributed by atoms with Crippen LogP contribution in [0.15, 0.2) is 21.5 Å². The van der Waals surface area contributed by atoms with Gasteiger partial charge in [-0.1, -0.05) is 22.9 Å². The zero-order chi connectivity index (χ0) is 17.9. The SMILES string of the molecule is CCCNC(=O)CCS(=O)(=O)c1cc(Br)cc2c1N(C(C)=O)CC2. The number of nitrogens with zero attached hydrogens (tertiary/aromatic N) is 1. The molecule has 2 rings (SSSR count). The van der Waals surface area contributed by atoms with Crippen LogP contribution in [0.25, 0.3) is 0 Å². The third-order valence-corrected chi connectivity index (χ3v) is 6.06. The second-order valence-electron chi connectivity index (χ2n) is 5.75. The number of anilines is 1. The normalized spacial score (nSPS) is 13.7. The molecular weight excluding hydrogens is 396 g/mol. The minimum atomic E-state index is -3.68. The zero-order valence-corrected chi connectivity index (χ0v) is 16.2. The van der Waals surface area contributed by atoms with E-state index >= 15 is 0 Å². The van der Waals surface area contributed by atoms with Crippen molar-refractivity contribution in [1.82, 2.24) is 5.32 Å². The Bertz CT molecular complexity index is 762. The van der Waals surface area contributed by atoms with Crippen molar-refractivity contribution in [2.75, 3.05) is 23.7 Å². The molecule has 1 N–H and O–H groups in total. The third kappa shape index (κ3) is 4.16. The van der Waals surface area contributed by atoms with Gasteiger partial charge in [0.25, 0.3) is 0 Å². The molecule has 0 atom stereocenters. The van der Waals surface area contributed by atoms with Gasteiger partial charge in [-0.15, -0.1) is 0 Å². The fourth-order valence-electron chi connectivity index (χ4n) is 2.71. The maximum absolute atomic E-state index is 12.8. The van der Waals surface area contributed by atoms with Gasteiger partial charge >= 0.3 is 0 Å². The standard InChI is InChI=1S/C16H21BrN2O4S/c1-3-6-18-15(21)5-8-24(22,23)14-10-13(17)9-12-4-7-19(11(2)20)16(12)14/h9-10H,3-8H2,1-2H3,(H,18,21). The van der Waals surface area contributed by atoms with Crippen molar-refractivity contribution in [2.24, 2.45) is 0 Å². The number of amides is 2. The fraction of sp³-hybridized carbons (Fsp3) is 0.500. The van der Waals surface area contributed by atoms with Gasteiger partial charge < -0.3 is 10.2 Å². The number of nitrogens with one attached hydrogen (secondary N) is 1. The number of carbonyl (C=O) groups excluding carboxylic acids is 2. The van der Waals surface area contributed by atoms with Gasteiger partial charge in [0.05, 0.1) is 16.3 Å². The molecule has 1 aromatic carbocycles. The van der Waals surface area contributed by atoms with E-state index in [-0.39, 0.29) is 28.9 Å². The van der Waals surface area contributed by atoms with Crippen LogP contribution >= 0.6 is 15.9 Å². The first-order valence-electron chi connectivity index (χ1n) is 7.86. The highest BCUT2D eigenvalue weighted by Gasteiger charge is 2.31. The van der Waals surface area contributed by atoms with E-state index in [1.807, 2.05) is 13.0 Å². The summed E-state index contributed by atoms with van der Waals surface area (Å²) in [6.45, 7) is 4.35. The van der Waals surface area contributed by atoms with Gasteiger partial charge in [0.2, 0.25) is 11.8 Å². The number of carbonyl (C=O) groups is 2. The Morgan fingerprint density at radius 1 is 1.33 bits per heavy atom. The highest BCUT2D eigenvalue weighted by Crippen LogP contribution is 2.38. The van der Waals surface area contributed by atoms with Gasteiger partial charge in [-0.2, -0.15) is 0 Å². The summed E-state index contributed by atoms with van der Waals surface area (Å²) in [6.07, 6.45) is 1.32. The van der Waals surface area contributed by atoms with Crippen molar-refractivity contribution in [3.8, 4) is 0 Å². The lowest BCUT2D eigenvalue weighted by Gasteiger charge is -2.19. The smallest absolute Gasteiger partial charge is 0.223 e. The summed E-state index contributed by atoms with van der Waals surface area (Å²) in [5.74, 6) is -0.749. The molecule has 1 heterocycles. The van der Waals surface area contributed by atoms with Crippen LogP contribution in [0.2, 0.25) is 0 Å². The van der Waals surface area contributed by atoms with Crippen LogP contribution < -0.4 is 10.2 Å². The number of rotatable bonds is 6. The van der Waals surface area contributed by atoms with Gasteiger partial charge in [0.15, 0.2) is 9.84 Å². The second-order valence-corrected chi connectivity index (χ2v) is 8.74. The molecule has 0 saturated carbocycles. The molecule has 8 heteroatoms. The molecule has 0 aliphatic carbocycles. The van der Waals surface area contributed by atoms with Crippen LogP contribution in [-0.2, 0) is 25.8 Å². The maximum Gasteiger partial charge on any atom is 0.223 e. The summed E-state index contributed by atoms with van der Waals surface area (Å²) < 4.78 is 26.2. The zero-order valence-electron chi connectivity index (χ0n) is 13.8. The van der Waals surface area contributed by atoms with E-state index in [2.05, 4.69) is 21.2 Å². The fourth-order valence-corrected chi connectivity index (χ4v) is 4.88. The average Bonchev–Trinajstić information content (AvgIpc) is 2.93.